The molecule has 0 bridgehead atoms. The van der Waals surface area contributed by atoms with Crippen molar-refractivity contribution >= 4 is 17.1 Å². The molecule has 0 aromatic heterocycles. The third-order valence-electron chi connectivity index (χ3n) is 16.7. The molecule has 0 atom stereocenters. The largest absolute Gasteiger partial charge is 0.309 e. The minimum absolute atomic E-state index is 0.116. The maximum atomic E-state index is 2.65. The summed E-state index contributed by atoms with van der Waals surface area (Å²) in [5.41, 5.74) is 29.8. The molecule has 0 fully saturated rings. The lowest BCUT2D eigenvalue weighted by atomic mass is 9.70. The monoisotopic (exact) mass is 831 g/mol. The van der Waals surface area contributed by atoms with Crippen LogP contribution in [0, 0.1) is 0 Å². The Bertz CT molecular complexity index is 3550. The predicted octanol–water partition coefficient (Wildman–Crippen LogP) is 16.4. The minimum atomic E-state index is -0.448. The molecule has 0 N–H and O–H groups in total. The van der Waals surface area contributed by atoms with Gasteiger partial charge in [0, 0.05) is 33.1 Å². The smallest absolute Gasteiger partial charge is 0.0726 e. The third-order valence-corrected chi connectivity index (χ3v) is 16.7. The van der Waals surface area contributed by atoms with E-state index in [1.807, 2.05) is 0 Å². The normalized spacial score (nSPS) is 16.6. The molecular weight excluding hydrogens is 783 g/mol. The highest BCUT2D eigenvalue weighted by Gasteiger charge is 2.53. The van der Waals surface area contributed by atoms with Gasteiger partial charge in [-0.3, -0.25) is 0 Å². The lowest BCUT2D eigenvalue weighted by molar-refractivity contribution is 0.652. The Hall–Kier alpha value is -7.22. The van der Waals surface area contributed by atoms with Crippen LogP contribution in [-0.2, 0) is 21.7 Å². The maximum Gasteiger partial charge on any atom is 0.0726 e. The summed E-state index contributed by atoms with van der Waals surface area (Å²) in [4.78, 5) is 2.65. The van der Waals surface area contributed by atoms with Crippen molar-refractivity contribution in [1.29, 1.82) is 0 Å². The second-order valence-electron chi connectivity index (χ2n) is 20.8. The highest BCUT2D eigenvalue weighted by molar-refractivity contribution is 6.04. The van der Waals surface area contributed by atoms with Gasteiger partial charge in [-0.1, -0.05) is 193 Å². The zero-order valence-corrected chi connectivity index (χ0v) is 37.8. The van der Waals surface area contributed by atoms with Crippen molar-refractivity contribution in [1.82, 2.24) is 0 Å². The summed E-state index contributed by atoms with van der Waals surface area (Å²) in [6.07, 6.45) is 0. The predicted molar refractivity (Wildman–Crippen MR) is 270 cm³/mol. The van der Waals surface area contributed by atoms with Gasteiger partial charge in [0.25, 0.3) is 0 Å². The molecular formula is C64H49N. The topological polar surface area (TPSA) is 3.24 Å². The molecule has 9 aromatic carbocycles. The molecule has 1 spiro atoms. The van der Waals surface area contributed by atoms with Crippen LogP contribution in [0.4, 0.5) is 17.1 Å². The Morgan fingerprint density at radius 1 is 0.262 bits per heavy atom. The molecule has 1 nitrogen and oxygen atoms in total. The molecule has 0 radical (unpaired) electrons. The zero-order chi connectivity index (χ0) is 43.8. The Labute approximate surface area is 382 Å². The van der Waals surface area contributed by atoms with Crippen LogP contribution in [0.25, 0.3) is 55.6 Å². The Balaban J connectivity index is 1.08. The fourth-order valence-corrected chi connectivity index (χ4v) is 13.7. The number of fused-ring (bicyclic) bond motifs is 19. The van der Waals surface area contributed by atoms with E-state index in [2.05, 4.69) is 234 Å². The molecule has 14 rings (SSSR count). The molecule has 65 heavy (non-hydrogen) atoms. The van der Waals surface area contributed by atoms with Crippen molar-refractivity contribution in [2.75, 3.05) is 4.90 Å². The first kappa shape index (κ1) is 37.2. The van der Waals surface area contributed by atoms with Crippen LogP contribution in [0.5, 0.6) is 0 Å². The molecule has 0 saturated heterocycles. The molecule has 310 valence electrons. The van der Waals surface area contributed by atoms with Crippen molar-refractivity contribution in [3.8, 4) is 55.6 Å². The van der Waals surface area contributed by atoms with Gasteiger partial charge >= 0.3 is 0 Å². The van der Waals surface area contributed by atoms with Gasteiger partial charge in [0.05, 0.1) is 16.8 Å². The van der Waals surface area contributed by atoms with Crippen LogP contribution in [0.3, 0.4) is 0 Å². The van der Waals surface area contributed by atoms with E-state index in [0.717, 1.165) is 0 Å². The zero-order valence-electron chi connectivity index (χ0n) is 37.8. The molecule has 0 amide bonds. The highest BCUT2D eigenvalue weighted by atomic mass is 15.1. The van der Waals surface area contributed by atoms with E-state index >= 15 is 0 Å². The van der Waals surface area contributed by atoms with Crippen molar-refractivity contribution < 1.29 is 0 Å². The number of hydrogen-bond donors (Lipinski definition) is 0. The van der Waals surface area contributed by atoms with E-state index < -0.39 is 5.41 Å². The molecule has 5 aliphatic carbocycles. The summed E-state index contributed by atoms with van der Waals surface area (Å²) in [5, 5.41) is 0. The second kappa shape index (κ2) is 12.3. The van der Waals surface area contributed by atoms with Crippen LogP contribution in [0.1, 0.15) is 97.2 Å². The highest BCUT2D eigenvalue weighted by Crippen LogP contribution is 2.66. The molecule has 0 unspecified atom stereocenters. The molecule has 1 heteroatoms. The van der Waals surface area contributed by atoms with Gasteiger partial charge in [0.1, 0.15) is 0 Å². The molecule has 0 heterocycles. The fourth-order valence-electron chi connectivity index (χ4n) is 13.7. The number of rotatable bonds is 3. The van der Waals surface area contributed by atoms with E-state index in [-0.39, 0.29) is 16.2 Å². The lowest BCUT2D eigenvalue weighted by Crippen LogP contribution is -2.26. The number of hydrogen-bond acceptors (Lipinski definition) is 1. The van der Waals surface area contributed by atoms with E-state index in [1.165, 1.54) is 128 Å². The molecule has 9 aromatic rings. The first-order valence-corrected chi connectivity index (χ1v) is 23.4. The summed E-state index contributed by atoms with van der Waals surface area (Å²) in [6.45, 7) is 14.5. The van der Waals surface area contributed by atoms with Crippen molar-refractivity contribution in [2.24, 2.45) is 0 Å². The van der Waals surface area contributed by atoms with Crippen LogP contribution in [0.15, 0.2) is 188 Å². The number of nitrogens with zero attached hydrogens (tertiary/aromatic N) is 1. The number of anilines is 3. The Kier molecular flexibility index (Phi) is 7.04. The van der Waals surface area contributed by atoms with Gasteiger partial charge in [-0.15, -0.1) is 0 Å². The van der Waals surface area contributed by atoms with Crippen LogP contribution >= 0.6 is 0 Å². The molecule has 5 aliphatic rings. The van der Waals surface area contributed by atoms with Gasteiger partial charge in [-0.2, -0.15) is 0 Å². The SMILES string of the molecule is CC1(C)c2ccccc2-c2ccc(N(c3cccc4c3-c3cc5c(cc3C4(C)C)-c3ccccc3C5(C)C)c3cccc4c3-c3ccccc3C43c4ccccc4-c4ccccc43)cc21. The van der Waals surface area contributed by atoms with E-state index in [0.29, 0.717) is 0 Å². The van der Waals surface area contributed by atoms with E-state index in [1.54, 1.807) is 0 Å². The first-order chi connectivity index (χ1) is 31.5. The molecule has 0 aliphatic heterocycles. The minimum Gasteiger partial charge on any atom is -0.309 e. The van der Waals surface area contributed by atoms with Crippen molar-refractivity contribution in [2.45, 2.75) is 63.2 Å². The van der Waals surface area contributed by atoms with Gasteiger partial charge in [-0.25, -0.2) is 0 Å². The van der Waals surface area contributed by atoms with Crippen LogP contribution in [-0.4, -0.2) is 0 Å². The van der Waals surface area contributed by atoms with Crippen LogP contribution < -0.4 is 4.90 Å². The summed E-state index contributed by atoms with van der Waals surface area (Å²) < 4.78 is 0. The maximum absolute atomic E-state index is 2.65. The van der Waals surface area contributed by atoms with Crippen LogP contribution in [0.2, 0.25) is 0 Å². The van der Waals surface area contributed by atoms with Gasteiger partial charge < -0.3 is 4.90 Å². The molecule has 0 saturated carbocycles. The Morgan fingerprint density at radius 2 is 0.631 bits per heavy atom. The van der Waals surface area contributed by atoms with E-state index in [4.69, 9.17) is 0 Å². The third kappa shape index (κ3) is 4.40. The number of benzene rings is 9. The lowest BCUT2D eigenvalue weighted by Gasteiger charge is -2.33. The first-order valence-electron chi connectivity index (χ1n) is 23.4. The average Bonchev–Trinajstić information content (AvgIpc) is 4.02. The standard InChI is InChI=1S/C64H49N/c1-61(2)47-24-12-7-19-39(47)43-34-33-38(35-54(43)61)65(58-31-17-29-52-60(58)46-37-55-45(36-56(46)63(52,5)6)42-22-8-13-25-48(42)62(55,3)4)57-32-18-30-53-59(57)44-23-11-16-28-51(44)64(53)49-26-14-9-20-40(49)41-21-10-15-27-50(41)64/h7-37H,1-6H3. The average molecular weight is 832 g/mol. The quantitative estimate of drug-likeness (QED) is 0.171. The summed E-state index contributed by atoms with van der Waals surface area (Å²) in [7, 11) is 0. The van der Waals surface area contributed by atoms with Crippen molar-refractivity contribution in [3.05, 3.63) is 244 Å². The Morgan fingerprint density at radius 3 is 1.22 bits per heavy atom. The van der Waals surface area contributed by atoms with Gasteiger partial charge in [-0.05, 0) is 137 Å². The van der Waals surface area contributed by atoms with Gasteiger partial charge in [0.15, 0.2) is 0 Å². The summed E-state index contributed by atoms with van der Waals surface area (Å²) in [6, 6.07) is 72.4. The summed E-state index contributed by atoms with van der Waals surface area (Å²) >= 11 is 0. The summed E-state index contributed by atoms with van der Waals surface area (Å²) in [5.74, 6) is 0. The van der Waals surface area contributed by atoms with E-state index in [9.17, 15) is 0 Å². The van der Waals surface area contributed by atoms with Gasteiger partial charge in [0.2, 0.25) is 0 Å². The fraction of sp³-hybridized carbons (Fsp3) is 0.156. The van der Waals surface area contributed by atoms with Crippen molar-refractivity contribution in [3.63, 3.8) is 0 Å². The second-order valence-corrected chi connectivity index (χ2v) is 20.8.